The number of nitrogens with one attached hydrogen (secondary N) is 2. The van der Waals surface area contributed by atoms with E-state index in [-0.39, 0.29) is 30.1 Å². The van der Waals surface area contributed by atoms with Crippen LogP contribution in [0.3, 0.4) is 0 Å². The minimum absolute atomic E-state index is 0.206. The van der Waals surface area contributed by atoms with E-state index in [0.29, 0.717) is 21.7 Å². The lowest BCUT2D eigenvalue weighted by Gasteiger charge is -2.09. The van der Waals surface area contributed by atoms with Gasteiger partial charge in [0.1, 0.15) is 35.2 Å². The molecule has 10 heteroatoms. The van der Waals surface area contributed by atoms with E-state index in [9.17, 15) is 14.4 Å². The molecule has 0 spiro atoms. The molecule has 0 bridgehead atoms. The van der Waals surface area contributed by atoms with Crippen molar-refractivity contribution in [3.63, 3.8) is 0 Å². The van der Waals surface area contributed by atoms with Gasteiger partial charge in [0.2, 0.25) is 0 Å². The molecule has 0 aliphatic carbocycles. The number of H-pyrrole nitrogens is 1. The number of thiophene rings is 1. The number of aromatic nitrogens is 2. The number of hydrogen-bond acceptors (Lipinski definition) is 8. The molecule has 2 N–H and O–H groups in total. The molecule has 0 unspecified atom stereocenters. The average molecular weight is 403 g/mol. The van der Waals surface area contributed by atoms with Crippen LogP contribution in [0.4, 0.5) is 0 Å². The molecule has 9 nitrogen and oxygen atoms in total. The Labute approximate surface area is 163 Å². The van der Waals surface area contributed by atoms with E-state index in [1.54, 1.807) is 17.5 Å². The smallest absolute Gasteiger partial charge is 0.325 e. The van der Waals surface area contributed by atoms with Crippen molar-refractivity contribution in [3.8, 4) is 11.5 Å². The predicted molar refractivity (Wildman–Crippen MR) is 102 cm³/mol. The number of hydrogen-bond donors (Lipinski definition) is 2. The first-order valence-electron chi connectivity index (χ1n) is 8.13. The van der Waals surface area contributed by atoms with Gasteiger partial charge in [-0.25, -0.2) is 4.98 Å². The number of fused-ring (bicyclic) bond motifs is 1. The fraction of sp³-hybridized carbons (Fsp3) is 0.222. The fourth-order valence-electron chi connectivity index (χ4n) is 2.38. The van der Waals surface area contributed by atoms with E-state index in [0.717, 1.165) is 0 Å². The summed E-state index contributed by atoms with van der Waals surface area (Å²) in [5.74, 6) is -0.0263. The number of esters is 1. The van der Waals surface area contributed by atoms with Crippen LogP contribution in [-0.2, 0) is 16.1 Å². The lowest BCUT2D eigenvalue weighted by molar-refractivity contribution is -0.143. The molecule has 1 aromatic carbocycles. The summed E-state index contributed by atoms with van der Waals surface area (Å²) in [4.78, 5) is 42.8. The molecule has 0 aliphatic rings. The summed E-state index contributed by atoms with van der Waals surface area (Å²) in [6, 6.07) is 6.38. The fourth-order valence-corrected chi connectivity index (χ4v) is 3.11. The second-order valence-corrected chi connectivity index (χ2v) is 6.51. The normalized spacial score (nSPS) is 10.5. The molecule has 28 heavy (non-hydrogen) atoms. The van der Waals surface area contributed by atoms with Crippen molar-refractivity contribution in [2.45, 2.75) is 6.61 Å². The standard InChI is InChI=1S/C18H17N3O6S/c1-25-11-5-10(6-12(7-11)26-2)17(23)19-8-15(22)27-9-14-20-13-3-4-28-16(13)18(24)21-14/h3-7H,8-9H2,1-2H3,(H,19,23)(H,20,21,24). The van der Waals surface area contributed by atoms with Crippen LogP contribution >= 0.6 is 11.3 Å². The van der Waals surface area contributed by atoms with Gasteiger partial charge in [-0.15, -0.1) is 11.3 Å². The monoisotopic (exact) mass is 403 g/mol. The van der Waals surface area contributed by atoms with Gasteiger partial charge < -0.3 is 24.5 Å². The van der Waals surface area contributed by atoms with Crippen LogP contribution in [0.25, 0.3) is 10.2 Å². The third-order valence-electron chi connectivity index (χ3n) is 3.74. The number of methoxy groups -OCH3 is 2. The number of nitrogens with zero attached hydrogens (tertiary/aromatic N) is 1. The highest BCUT2D eigenvalue weighted by Gasteiger charge is 2.13. The Morgan fingerprint density at radius 2 is 1.89 bits per heavy atom. The lowest BCUT2D eigenvalue weighted by atomic mass is 10.2. The molecular weight excluding hydrogens is 386 g/mol. The highest BCUT2D eigenvalue weighted by Crippen LogP contribution is 2.22. The third kappa shape index (κ3) is 4.46. The number of ether oxygens (including phenoxy) is 3. The molecule has 0 aliphatic heterocycles. The van der Waals surface area contributed by atoms with Crippen molar-refractivity contribution in [1.29, 1.82) is 0 Å². The number of carbonyl (C=O) groups is 2. The summed E-state index contributed by atoms with van der Waals surface area (Å²) < 4.78 is 15.8. The van der Waals surface area contributed by atoms with Crippen LogP contribution in [-0.4, -0.2) is 42.6 Å². The van der Waals surface area contributed by atoms with Gasteiger partial charge >= 0.3 is 5.97 Å². The lowest BCUT2D eigenvalue weighted by Crippen LogP contribution is -2.30. The van der Waals surface area contributed by atoms with Crippen LogP contribution in [0.1, 0.15) is 16.2 Å². The molecule has 0 atom stereocenters. The molecule has 2 aromatic heterocycles. The molecule has 146 valence electrons. The Hall–Kier alpha value is -3.40. The maximum atomic E-state index is 12.2. The number of amides is 1. The van der Waals surface area contributed by atoms with Crippen molar-refractivity contribution in [1.82, 2.24) is 15.3 Å². The van der Waals surface area contributed by atoms with Crippen LogP contribution in [0.2, 0.25) is 0 Å². The molecular formula is C18H17N3O6S. The topological polar surface area (TPSA) is 120 Å². The molecule has 3 aromatic rings. The third-order valence-corrected chi connectivity index (χ3v) is 4.64. The summed E-state index contributed by atoms with van der Waals surface area (Å²) in [7, 11) is 2.94. The van der Waals surface area contributed by atoms with E-state index in [1.165, 1.54) is 37.7 Å². The van der Waals surface area contributed by atoms with Gasteiger partial charge in [-0.3, -0.25) is 14.4 Å². The van der Waals surface area contributed by atoms with Gasteiger partial charge in [0.15, 0.2) is 0 Å². The summed E-state index contributed by atoms with van der Waals surface area (Å²) >= 11 is 1.28. The molecule has 0 saturated heterocycles. The van der Waals surface area contributed by atoms with Gasteiger partial charge in [-0.2, -0.15) is 0 Å². The van der Waals surface area contributed by atoms with E-state index >= 15 is 0 Å². The van der Waals surface area contributed by atoms with Crippen LogP contribution in [0.15, 0.2) is 34.4 Å². The van der Waals surface area contributed by atoms with Gasteiger partial charge in [0, 0.05) is 11.6 Å². The second kappa shape index (κ2) is 8.53. The van der Waals surface area contributed by atoms with Gasteiger partial charge in [0.25, 0.3) is 11.5 Å². The Kier molecular flexibility index (Phi) is 5.90. The van der Waals surface area contributed by atoms with Gasteiger partial charge in [0.05, 0.1) is 19.7 Å². The summed E-state index contributed by atoms with van der Waals surface area (Å²) in [6.45, 7) is -0.550. The number of carbonyl (C=O) groups excluding carboxylic acids is 2. The van der Waals surface area contributed by atoms with E-state index < -0.39 is 11.9 Å². The average Bonchev–Trinajstić information content (AvgIpc) is 3.19. The molecule has 2 heterocycles. The quantitative estimate of drug-likeness (QED) is 0.573. The van der Waals surface area contributed by atoms with E-state index in [4.69, 9.17) is 14.2 Å². The predicted octanol–water partition coefficient (Wildman–Crippen LogP) is 1.47. The minimum atomic E-state index is -0.670. The van der Waals surface area contributed by atoms with Crippen LogP contribution in [0.5, 0.6) is 11.5 Å². The molecule has 0 radical (unpaired) electrons. The second-order valence-electron chi connectivity index (χ2n) is 5.59. The molecule has 0 saturated carbocycles. The zero-order valence-electron chi connectivity index (χ0n) is 15.1. The van der Waals surface area contributed by atoms with E-state index in [2.05, 4.69) is 15.3 Å². The number of rotatable bonds is 7. The van der Waals surface area contributed by atoms with E-state index in [1.807, 2.05) is 0 Å². The Bertz CT molecular complexity index is 1050. The van der Waals surface area contributed by atoms with Gasteiger partial charge in [-0.05, 0) is 23.6 Å². The van der Waals surface area contributed by atoms with Crippen molar-refractivity contribution in [2.75, 3.05) is 20.8 Å². The number of aromatic amines is 1. The SMILES string of the molecule is COc1cc(OC)cc(C(=O)NCC(=O)OCc2nc3ccsc3c(=O)[nH]2)c1. The summed E-state index contributed by atoms with van der Waals surface area (Å²) in [5, 5.41) is 4.21. The first-order valence-corrected chi connectivity index (χ1v) is 9.01. The van der Waals surface area contributed by atoms with Crippen molar-refractivity contribution in [2.24, 2.45) is 0 Å². The van der Waals surface area contributed by atoms with Crippen molar-refractivity contribution < 1.29 is 23.8 Å². The summed E-state index contributed by atoms with van der Waals surface area (Å²) in [6.07, 6.45) is 0. The largest absolute Gasteiger partial charge is 0.497 e. The Balaban J connectivity index is 1.56. The number of benzene rings is 1. The van der Waals surface area contributed by atoms with Crippen LogP contribution in [0, 0.1) is 0 Å². The highest BCUT2D eigenvalue weighted by atomic mass is 32.1. The van der Waals surface area contributed by atoms with Crippen molar-refractivity contribution >= 4 is 33.4 Å². The first kappa shape index (κ1) is 19.4. The minimum Gasteiger partial charge on any atom is -0.497 e. The first-order chi connectivity index (χ1) is 13.5. The zero-order chi connectivity index (χ0) is 20.1. The Morgan fingerprint density at radius 3 is 2.57 bits per heavy atom. The Morgan fingerprint density at radius 1 is 1.18 bits per heavy atom. The summed E-state index contributed by atoms with van der Waals surface area (Å²) in [5.41, 5.74) is 0.532. The van der Waals surface area contributed by atoms with Gasteiger partial charge in [-0.1, -0.05) is 0 Å². The zero-order valence-corrected chi connectivity index (χ0v) is 15.9. The molecule has 1 amide bonds. The molecule has 3 rings (SSSR count). The van der Waals surface area contributed by atoms with Crippen molar-refractivity contribution in [3.05, 3.63) is 51.4 Å². The maximum Gasteiger partial charge on any atom is 0.325 e. The maximum absolute atomic E-state index is 12.2. The molecule has 0 fully saturated rings. The van der Waals surface area contributed by atoms with Crippen LogP contribution < -0.4 is 20.3 Å². The highest BCUT2D eigenvalue weighted by molar-refractivity contribution is 7.17.